The van der Waals surface area contributed by atoms with E-state index in [0.717, 1.165) is 22.6 Å². The molecule has 1 fully saturated rings. The number of benzene rings is 1. The SMILES string of the molecule is Cc1cc(C)n(-c2ccc(CCC(=O)N3CCC(C(N)=O)CC3)cc2)n1. The van der Waals surface area contributed by atoms with Crippen LogP contribution < -0.4 is 5.73 Å². The smallest absolute Gasteiger partial charge is 0.222 e. The van der Waals surface area contributed by atoms with Crippen LogP contribution in [0.25, 0.3) is 5.69 Å². The van der Waals surface area contributed by atoms with E-state index in [-0.39, 0.29) is 17.7 Å². The molecule has 138 valence electrons. The van der Waals surface area contributed by atoms with Gasteiger partial charge in [0, 0.05) is 31.1 Å². The monoisotopic (exact) mass is 354 g/mol. The van der Waals surface area contributed by atoms with Crippen molar-refractivity contribution < 1.29 is 9.59 Å². The normalized spacial score (nSPS) is 15.2. The third-order valence-corrected chi connectivity index (χ3v) is 5.07. The van der Waals surface area contributed by atoms with E-state index in [0.29, 0.717) is 38.8 Å². The quantitative estimate of drug-likeness (QED) is 0.893. The Hall–Kier alpha value is -2.63. The lowest BCUT2D eigenvalue weighted by molar-refractivity contribution is -0.134. The number of rotatable bonds is 5. The minimum Gasteiger partial charge on any atom is -0.369 e. The van der Waals surface area contributed by atoms with Gasteiger partial charge in [-0.2, -0.15) is 5.10 Å². The van der Waals surface area contributed by atoms with Gasteiger partial charge in [0.2, 0.25) is 11.8 Å². The second-order valence-electron chi connectivity index (χ2n) is 7.06. The van der Waals surface area contributed by atoms with Gasteiger partial charge in [0.1, 0.15) is 0 Å². The van der Waals surface area contributed by atoms with Crippen LogP contribution in [-0.2, 0) is 16.0 Å². The van der Waals surface area contributed by atoms with Gasteiger partial charge >= 0.3 is 0 Å². The number of amides is 2. The molecule has 0 unspecified atom stereocenters. The molecule has 1 aromatic carbocycles. The summed E-state index contributed by atoms with van der Waals surface area (Å²) >= 11 is 0. The molecule has 6 nitrogen and oxygen atoms in total. The van der Waals surface area contributed by atoms with E-state index in [1.54, 1.807) is 0 Å². The Morgan fingerprint density at radius 1 is 1.15 bits per heavy atom. The molecule has 1 aromatic heterocycles. The van der Waals surface area contributed by atoms with E-state index in [1.807, 2.05) is 41.6 Å². The molecule has 2 aromatic rings. The van der Waals surface area contributed by atoms with Crippen molar-refractivity contribution in [2.45, 2.75) is 39.5 Å². The molecule has 6 heteroatoms. The molecule has 1 aliphatic rings. The zero-order valence-corrected chi connectivity index (χ0v) is 15.4. The first-order chi connectivity index (χ1) is 12.4. The van der Waals surface area contributed by atoms with Crippen LogP contribution in [0.4, 0.5) is 0 Å². The van der Waals surface area contributed by atoms with Crippen LogP contribution in [0.15, 0.2) is 30.3 Å². The van der Waals surface area contributed by atoms with Crippen LogP contribution in [0.2, 0.25) is 0 Å². The summed E-state index contributed by atoms with van der Waals surface area (Å²) in [7, 11) is 0. The molecule has 0 saturated carbocycles. The summed E-state index contributed by atoms with van der Waals surface area (Å²) in [5.41, 5.74) is 9.60. The van der Waals surface area contributed by atoms with Gasteiger partial charge in [-0.1, -0.05) is 12.1 Å². The number of piperidine rings is 1. The Labute approximate surface area is 154 Å². The molecule has 0 bridgehead atoms. The molecule has 2 N–H and O–H groups in total. The zero-order valence-electron chi connectivity index (χ0n) is 15.4. The topological polar surface area (TPSA) is 81.2 Å². The van der Waals surface area contributed by atoms with E-state index < -0.39 is 0 Å². The number of nitrogens with zero attached hydrogens (tertiary/aromatic N) is 3. The number of hydrogen-bond acceptors (Lipinski definition) is 3. The standard InChI is InChI=1S/C20H26N4O2/c1-14-13-15(2)24(22-14)18-6-3-16(4-7-18)5-8-19(25)23-11-9-17(10-12-23)20(21)26/h3-4,6-7,13,17H,5,8-12H2,1-2H3,(H2,21,26). The molecule has 0 spiro atoms. The summed E-state index contributed by atoms with van der Waals surface area (Å²) in [5.74, 6) is -0.184. The summed E-state index contributed by atoms with van der Waals surface area (Å²) in [4.78, 5) is 25.4. The van der Waals surface area contributed by atoms with E-state index in [4.69, 9.17) is 5.73 Å². The Bertz CT molecular complexity index is 787. The predicted octanol–water partition coefficient (Wildman–Crippen LogP) is 2.15. The third kappa shape index (κ3) is 4.12. The predicted molar refractivity (Wildman–Crippen MR) is 99.9 cm³/mol. The van der Waals surface area contributed by atoms with Crippen LogP contribution >= 0.6 is 0 Å². The molecule has 1 aliphatic heterocycles. The number of likely N-dealkylation sites (tertiary alicyclic amines) is 1. The van der Waals surface area contributed by atoms with E-state index in [9.17, 15) is 9.59 Å². The molecule has 0 aliphatic carbocycles. The summed E-state index contributed by atoms with van der Waals surface area (Å²) in [6.45, 7) is 5.27. The van der Waals surface area contributed by atoms with Crippen molar-refractivity contribution in [3.63, 3.8) is 0 Å². The van der Waals surface area contributed by atoms with Gasteiger partial charge in [0.05, 0.1) is 11.4 Å². The fraction of sp³-hybridized carbons (Fsp3) is 0.450. The van der Waals surface area contributed by atoms with Crippen LogP contribution in [0.5, 0.6) is 0 Å². The van der Waals surface area contributed by atoms with Crippen molar-refractivity contribution in [2.75, 3.05) is 13.1 Å². The second-order valence-corrected chi connectivity index (χ2v) is 7.06. The highest BCUT2D eigenvalue weighted by Crippen LogP contribution is 2.18. The van der Waals surface area contributed by atoms with Gasteiger partial charge in [-0.15, -0.1) is 0 Å². The average molecular weight is 354 g/mol. The highest BCUT2D eigenvalue weighted by Gasteiger charge is 2.25. The van der Waals surface area contributed by atoms with Crippen LogP contribution in [-0.4, -0.2) is 39.6 Å². The molecule has 2 amide bonds. The maximum Gasteiger partial charge on any atom is 0.222 e. The zero-order chi connectivity index (χ0) is 18.7. The number of carbonyl (C=O) groups excluding carboxylic acids is 2. The lowest BCUT2D eigenvalue weighted by Crippen LogP contribution is -2.41. The van der Waals surface area contributed by atoms with Crippen LogP contribution in [0.1, 0.15) is 36.2 Å². The van der Waals surface area contributed by atoms with Crippen molar-refractivity contribution in [3.05, 3.63) is 47.3 Å². The van der Waals surface area contributed by atoms with Gasteiger partial charge < -0.3 is 10.6 Å². The largest absolute Gasteiger partial charge is 0.369 e. The third-order valence-electron chi connectivity index (χ3n) is 5.07. The fourth-order valence-electron chi connectivity index (χ4n) is 3.52. The maximum atomic E-state index is 12.4. The van der Waals surface area contributed by atoms with Crippen LogP contribution in [0, 0.1) is 19.8 Å². The van der Waals surface area contributed by atoms with Gasteiger partial charge in [-0.05, 0) is 56.9 Å². The highest BCUT2D eigenvalue weighted by atomic mass is 16.2. The Morgan fingerprint density at radius 2 is 1.81 bits per heavy atom. The molecule has 0 radical (unpaired) electrons. The number of nitrogens with two attached hydrogens (primary N) is 1. The molecular formula is C20H26N4O2. The first-order valence-electron chi connectivity index (χ1n) is 9.13. The summed E-state index contributed by atoms with van der Waals surface area (Å²) in [5, 5.41) is 4.49. The first kappa shape index (κ1) is 18.2. The van der Waals surface area contributed by atoms with E-state index in [1.165, 1.54) is 0 Å². The number of carbonyl (C=O) groups is 2. The number of primary amides is 1. The molecule has 3 rings (SSSR count). The number of hydrogen-bond donors (Lipinski definition) is 1. The van der Waals surface area contributed by atoms with Gasteiger partial charge in [-0.25, -0.2) is 4.68 Å². The molecular weight excluding hydrogens is 328 g/mol. The Kier molecular flexibility index (Phi) is 5.40. The lowest BCUT2D eigenvalue weighted by atomic mass is 9.96. The summed E-state index contributed by atoms with van der Waals surface area (Å²) in [6, 6.07) is 10.2. The van der Waals surface area contributed by atoms with Crippen molar-refractivity contribution in [1.29, 1.82) is 0 Å². The van der Waals surface area contributed by atoms with Crippen molar-refractivity contribution in [3.8, 4) is 5.69 Å². The minimum atomic E-state index is -0.250. The average Bonchev–Trinajstić information content (AvgIpc) is 2.98. The summed E-state index contributed by atoms with van der Waals surface area (Å²) in [6.07, 6.45) is 2.56. The Balaban J connectivity index is 1.53. The Morgan fingerprint density at radius 3 is 2.35 bits per heavy atom. The maximum absolute atomic E-state index is 12.4. The van der Waals surface area contributed by atoms with Crippen LogP contribution in [0.3, 0.4) is 0 Å². The first-order valence-corrected chi connectivity index (χ1v) is 9.13. The van der Waals surface area contributed by atoms with Gasteiger partial charge in [0.25, 0.3) is 0 Å². The second kappa shape index (κ2) is 7.72. The molecule has 0 atom stereocenters. The van der Waals surface area contributed by atoms with Crippen molar-refractivity contribution in [1.82, 2.24) is 14.7 Å². The van der Waals surface area contributed by atoms with Crippen molar-refractivity contribution >= 4 is 11.8 Å². The van der Waals surface area contributed by atoms with E-state index >= 15 is 0 Å². The molecule has 1 saturated heterocycles. The summed E-state index contributed by atoms with van der Waals surface area (Å²) < 4.78 is 1.92. The molecule has 26 heavy (non-hydrogen) atoms. The van der Waals surface area contributed by atoms with Gasteiger partial charge in [0.15, 0.2) is 0 Å². The molecule has 2 heterocycles. The van der Waals surface area contributed by atoms with Gasteiger partial charge in [-0.3, -0.25) is 9.59 Å². The number of aryl methyl sites for hydroxylation is 3. The van der Waals surface area contributed by atoms with Crippen molar-refractivity contribution in [2.24, 2.45) is 11.7 Å². The fourth-order valence-corrected chi connectivity index (χ4v) is 3.52. The number of aromatic nitrogens is 2. The minimum absolute atomic E-state index is 0.0824. The lowest BCUT2D eigenvalue weighted by Gasteiger charge is -2.30. The van der Waals surface area contributed by atoms with E-state index in [2.05, 4.69) is 17.2 Å². The highest BCUT2D eigenvalue weighted by molar-refractivity contribution is 5.79.